The summed E-state index contributed by atoms with van der Waals surface area (Å²) >= 11 is 6.06. The van der Waals surface area contributed by atoms with E-state index in [-0.39, 0.29) is 0 Å². The summed E-state index contributed by atoms with van der Waals surface area (Å²) in [4.78, 5) is 0. The molecule has 1 saturated heterocycles. The maximum atomic E-state index is 6.06. The molecule has 1 heterocycles. The fraction of sp³-hybridized carbons (Fsp3) is 0.571. The highest BCUT2D eigenvalue weighted by Crippen LogP contribution is 2.35. The quantitative estimate of drug-likeness (QED) is 0.888. The van der Waals surface area contributed by atoms with Crippen molar-refractivity contribution in [3.8, 4) is 0 Å². The SMILES string of the molecule is CCC1OCCC1C(NC)c1cccc(Cl)c1. The Morgan fingerprint density at radius 3 is 3.00 bits per heavy atom. The third-order valence-electron chi connectivity index (χ3n) is 3.61. The molecule has 0 amide bonds. The summed E-state index contributed by atoms with van der Waals surface area (Å²) in [5.41, 5.74) is 1.26. The van der Waals surface area contributed by atoms with Crippen LogP contribution < -0.4 is 5.32 Å². The Hall–Kier alpha value is -0.570. The predicted molar refractivity (Wildman–Crippen MR) is 71.4 cm³/mol. The van der Waals surface area contributed by atoms with E-state index in [1.807, 2.05) is 25.2 Å². The molecular weight excluding hydrogens is 234 g/mol. The van der Waals surface area contributed by atoms with Crippen LogP contribution in [0, 0.1) is 5.92 Å². The van der Waals surface area contributed by atoms with Gasteiger partial charge in [0.15, 0.2) is 0 Å². The van der Waals surface area contributed by atoms with Gasteiger partial charge in [-0.15, -0.1) is 0 Å². The fourth-order valence-corrected chi connectivity index (χ4v) is 2.99. The molecule has 0 radical (unpaired) electrons. The number of nitrogens with one attached hydrogen (secondary N) is 1. The highest BCUT2D eigenvalue weighted by molar-refractivity contribution is 6.30. The van der Waals surface area contributed by atoms with Crippen molar-refractivity contribution in [2.45, 2.75) is 31.9 Å². The molecular formula is C14H20ClNO. The van der Waals surface area contributed by atoms with Crippen molar-refractivity contribution in [2.75, 3.05) is 13.7 Å². The van der Waals surface area contributed by atoms with Gasteiger partial charge in [-0.1, -0.05) is 30.7 Å². The molecule has 1 aliphatic rings. The monoisotopic (exact) mass is 253 g/mol. The van der Waals surface area contributed by atoms with Crippen molar-refractivity contribution in [2.24, 2.45) is 5.92 Å². The summed E-state index contributed by atoms with van der Waals surface area (Å²) in [6.45, 7) is 3.07. The van der Waals surface area contributed by atoms with Gasteiger partial charge in [-0.3, -0.25) is 0 Å². The van der Waals surface area contributed by atoms with Crippen LogP contribution in [0.5, 0.6) is 0 Å². The zero-order chi connectivity index (χ0) is 12.3. The molecule has 94 valence electrons. The Labute approximate surface area is 108 Å². The van der Waals surface area contributed by atoms with Gasteiger partial charge in [-0.05, 0) is 37.6 Å². The summed E-state index contributed by atoms with van der Waals surface area (Å²) in [5.74, 6) is 0.545. The van der Waals surface area contributed by atoms with Crippen molar-refractivity contribution in [1.29, 1.82) is 0 Å². The first-order valence-corrected chi connectivity index (χ1v) is 6.68. The molecule has 2 rings (SSSR count). The van der Waals surface area contributed by atoms with Crippen molar-refractivity contribution in [3.63, 3.8) is 0 Å². The second-order valence-corrected chi connectivity index (χ2v) is 5.03. The summed E-state index contributed by atoms with van der Waals surface area (Å²) in [7, 11) is 2.01. The standard InChI is InChI=1S/C14H20ClNO/c1-3-13-12(7-8-17-13)14(16-2)10-5-4-6-11(15)9-10/h4-6,9,12-14,16H,3,7-8H2,1-2H3. The van der Waals surface area contributed by atoms with Crippen molar-refractivity contribution in [3.05, 3.63) is 34.9 Å². The van der Waals surface area contributed by atoms with Crippen LogP contribution in [0.25, 0.3) is 0 Å². The summed E-state index contributed by atoms with van der Waals surface area (Å²) in [6, 6.07) is 8.45. The number of halogens is 1. The van der Waals surface area contributed by atoms with E-state index in [0.717, 1.165) is 24.5 Å². The van der Waals surface area contributed by atoms with Gasteiger partial charge in [-0.25, -0.2) is 0 Å². The summed E-state index contributed by atoms with van der Waals surface area (Å²) in [5, 5.41) is 4.21. The van der Waals surface area contributed by atoms with E-state index in [2.05, 4.69) is 18.3 Å². The van der Waals surface area contributed by atoms with Gasteiger partial charge in [0.1, 0.15) is 0 Å². The van der Waals surface area contributed by atoms with Gasteiger partial charge < -0.3 is 10.1 Å². The minimum absolute atomic E-state index is 0.334. The highest BCUT2D eigenvalue weighted by Gasteiger charge is 2.33. The molecule has 1 aromatic carbocycles. The number of hydrogen-bond acceptors (Lipinski definition) is 2. The van der Waals surface area contributed by atoms with Crippen molar-refractivity contribution >= 4 is 11.6 Å². The number of hydrogen-bond donors (Lipinski definition) is 1. The van der Waals surface area contributed by atoms with E-state index in [0.29, 0.717) is 18.1 Å². The minimum Gasteiger partial charge on any atom is -0.378 e. The molecule has 1 aliphatic heterocycles. The Kier molecular flexibility index (Phi) is 4.43. The molecule has 0 aromatic heterocycles. The zero-order valence-corrected chi connectivity index (χ0v) is 11.2. The predicted octanol–water partition coefficient (Wildman–Crippen LogP) is 3.42. The normalized spacial score (nSPS) is 26.1. The van der Waals surface area contributed by atoms with Crippen LogP contribution in [0.4, 0.5) is 0 Å². The largest absolute Gasteiger partial charge is 0.378 e. The fourth-order valence-electron chi connectivity index (χ4n) is 2.79. The van der Waals surface area contributed by atoms with E-state index in [9.17, 15) is 0 Å². The molecule has 0 spiro atoms. The molecule has 2 nitrogen and oxygen atoms in total. The molecule has 3 atom stereocenters. The van der Waals surface area contributed by atoms with Crippen LogP contribution in [0.15, 0.2) is 24.3 Å². The maximum absolute atomic E-state index is 6.06. The highest BCUT2D eigenvalue weighted by atomic mass is 35.5. The number of rotatable bonds is 4. The Balaban J connectivity index is 2.21. The van der Waals surface area contributed by atoms with E-state index in [1.165, 1.54) is 5.56 Å². The average molecular weight is 254 g/mol. The van der Waals surface area contributed by atoms with Crippen LogP contribution in [0.1, 0.15) is 31.4 Å². The summed E-state index contributed by atoms with van der Waals surface area (Å²) < 4.78 is 5.78. The van der Waals surface area contributed by atoms with Gasteiger partial charge in [-0.2, -0.15) is 0 Å². The van der Waals surface area contributed by atoms with Crippen molar-refractivity contribution < 1.29 is 4.74 Å². The molecule has 3 unspecified atom stereocenters. The maximum Gasteiger partial charge on any atom is 0.0619 e. The van der Waals surface area contributed by atoms with E-state index in [1.54, 1.807) is 0 Å². The molecule has 0 bridgehead atoms. The average Bonchev–Trinajstić information content (AvgIpc) is 2.78. The van der Waals surface area contributed by atoms with E-state index >= 15 is 0 Å². The number of ether oxygens (including phenoxy) is 1. The molecule has 17 heavy (non-hydrogen) atoms. The van der Waals surface area contributed by atoms with Crippen molar-refractivity contribution in [1.82, 2.24) is 5.32 Å². The van der Waals surface area contributed by atoms with Crippen LogP contribution in [0.3, 0.4) is 0 Å². The lowest BCUT2D eigenvalue weighted by atomic mass is 9.87. The van der Waals surface area contributed by atoms with Gasteiger partial charge >= 0.3 is 0 Å². The van der Waals surface area contributed by atoms with Crippen LogP contribution in [-0.2, 0) is 4.74 Å². The second-order valence-electron chi connectivity index (χ2n) is 4.59. The molecule has 1 fully saturated rings. The Morgan fingerprint density at radius 2 is 2.35 bits per heavy atom. The summed E-state index contributed by atoms with van der Waals surface area (Å²) in [6.07, 6.45) is 2.56. The van der Waals surface area contributed by atoms with Gasteiger partial charge in [0.05, 0.1) is 6.10 Å². The smallest absolute Gasteiger partial charge is 0.0619 e. The second kappa shape index (κ2) is 5.85. The topological polar surface area (TPSA) is 21.3 Å². The third-order valence-corrected chi connectivity index (χ3v) is 3.85. The molecule has 1 N–H and O–H groups in total. The Bertz CT molecular complexity index is 369. The van der Waals surface area contributed by atoms with Gasteiger partial charge in [0.2, 0.25) is 0 Å². The van der Waals surface area contributed by atoms with E-state index in [4.69, 9.17) is 16.3 Å². The lowest BCUT2D eigenvalue weighted by Crippen LogP contribution is -2.30. The van der Waals surface area contributed by atoms with Crippen LogP contribution in [-0.4, -0.2) is 19.8 Å². The lowest BCUT2D eigenvalue weighted by Gasteiger charge is -2.27. The van der Waals surface area contributed by atoms with Crippen LogP contribution >= 0.6 is 11.6 Å². The van der Waals surface area contributed by atoms with E-state index < -0.39 is 0 Å². The molecule has 1 aromatic rings. The minimum atomic E-state index is 0.334. The third kappa shape index (κ3) is 2.82. The Morgan fingerprint density at radius 1 is 1.53 bits per heavy atom. The first-order chi connectivity index (χ1) is 8.26. The number of benzene rings is 1. The van der Waals surface area contributed by atoms with Gasteiger partial charge in [0.25, 0.3) is 0 Å². The van der Waals surface area contributed by atoms with Crippen LogP contribution in [0.2, 0.25) is 5.02 Å². The first kappa shape index (κ1) is 12.9. The lowest BCUT2D eigenvalue weighted by molar-refractivity contribution is 0.0782. The molecule has 0 saturated carbocycles. The molecule has 3 heteroatoms. The first-order valence-electron chi connectivity index (χ1n) is 6.30. The molecule has 0 aliphatic carbocycles. The zero-order valence-electron chi connectivity index (χ0n) is 10.4. The van der Waals surface area contributed by atoms with Gasteiger partial charge in [0, 0.05) is 23.6 Å².